The molecule has 1 heteroatoms. The second-order valence-corrected chi connectivity index (χ2v) is 2.51. The first-order valence-corrected chi connectivity index (χ1v) is 4.02. The van der Waals surface area contributed by atoms with Crippen LogP contribution in [0.25, 0.3) is 6.08 Å². The van der Waals surface area contributed by atoms with Gasteiger partial charge in [0.2, 0.25) is 0 Å². The van der Waals surface area contributed by atoms with Crippen molar-refractivity contribution in [3.05, 3.63) is 42.0 Å². The van der Waals surface area contributed by atoms with E-state index in [0.717, 1.165) is 6.42 Å². The molecule has 0 amide bonds. The Balaban J connectivity index is 2.43. The highest BCUT2D eigenvalue weighted by molar-refractivity contribution is 5.48. The van der Waals surface area contributed by atoms with Gasteiger partial charge in [0.25, 0.3) is 0 Å². The van der Waals surface area contributed by atoms with Gasteiger partial charge >= 0.3 is 0 Å². The molecule has 1 aromatic rings. The van der Waals surface area contributed by atoms with Crippen molar-refractivity contribution in [2.45, 2.75) is 12.8 Å². The van der Waals surface area contributed by atoms with Gasteiger partial charge in [-0.3, -0.25) is 0 Å². The normalized spacial score (nSPS) is 9.92. The lowest BCUT2D eigenvalue weighted by Crippen LogP contribution is -1.68. The summed E-state index contributed by atoms with van der Waals surface area (Å²) in [6, 6.07) is 12.2. The number of hydrogen-bond donors (Lipinski definition) is 0. The maximum atomic E-state index is 8.28. The van der Waals surface area contributed by atoms with Crippen molar-refractivity contribution in [3.8, 4) is 6.07 Å². The molecule has 0 radical (unpaired) electrons. The molecule has 0 aliphatic rings. The number of hydrogen-bond acceptors (Lipinski definition) is 1. The van der Waals surface area contributed by atoms with Crippen LogP contribution in [0.1, 0.15) is 18.4 Å². The van der Waals surface area contributed by atoms with E-state index in [2.05, 4.69) is 6.07 Å². The largest absolute Gasteiger partial charge is 0.198 e. The van der Waals surface area contributed by atoms with Gasteiger partial charge in [0.15, 0.2) is 0 Å². The molecule has 12 heavy (non-hydrogen) atoms. The molecule has 0 bridgehead atoms. The predicted molar refractivity (Wildman–Crippen MR) is 50.3 cm³/mol. The van der Waals surface area contributed by atoms with Crippen molar-refractivity contribution in [2.24, 2.45) is 0 Å². The third-order valence-corrected chi connectivity index (χ3v) is 1.53. The second-order valence-electron chi connectivity index (χ2n) is 2.51. The molecular weight excluding hydrogens is 146 g/mol. The summed E-state index contributed by atoms with van der Waals surface area (Å²) in [5.41, 5.74) is 1.19. The quantitative estimate of drug-likeness (QED) is 0.619. The Bertz CT molecular complexity index is 280. The Kier molecular flexibility index (Phi) is 3.67. The van der Waals surface area contributed by atoms with Crippen LogP contribution in [0.15, 0.2) is 36.4 Å². The number of unbranched alkanes of at least 4 members (excludes halogenated alkanes) is 1. The van der Waals surface area contributed by atoms with Gasteiger partial charge in [0, 0.05) is 6.42 Å². The molecular formula is C11H11N. The second kappa shape index (κ2) is 5.15. The number of benzene rings is 1. The molecule has 0 fully saturated rings. The summed E-state index contributed by atoms with van der Waals surface area (Å²) in [6.45, 7) is 0. The van der Waals surface area contributed by atoms with Crippen molar-refractivity contribution in [1.82, 2.24) is 0 Å². The molecule has 0 aliphatic carbocycles. The molecule has 0 atom stereocenters. The van der Waals surface area contributed by atoms with Crippen LogP contribution in [0.4, 0.5) is 0 Å². The molecule has 1 aromatic carbocycles. The van der Waals surface area contributed by atoms with Gasteiger partial charge in [-0.1, -0.05) is 42.5 Å². The average molecular weight is 157 g/mol. The first-order valence-electron chi connectivity index (χ1n) is 4.02. The zero-order valence-electron chi connectivity index (χ0n) is 6.90. The average Bonchev–Trinajstić information content (AvgIpc) is 2.14. The molecule has 0 saturated carbocycles. The van der Waals surface area contributed by atoms with Crippen LogP contribution in [-0.4, -0.2) is 0 Å². The van der Waals surface area contributed by atoms with E-state index in [1.54, 1.807) is 0 Å². The van der Waals surface area contributed by atoms with Gasteiger partial charge in [-0.05, 0) is 12.0 Å². The van der Waals surface area contributed by atoms with Crippen molar-refractivity contribution >= 4 is 6.08 Å². The van der Waals surface area contributed by atoms with Crippen molar-refractivity contribution in [1.29, 1.82) is 5.26 Å². The van der Waals surface area contributed by atoms with Crippen molar-refractivity contribution in [3.63, 3.8) is 0 Å². The smallest absolute Gasteiger partial charge is 0.0625 e. The highest BCUT2D eigenvalue weighted by Crippen LogP contribution is 2.02. The molecule has 0 aliphatic heterocycles. The van der Waals surface area contributed by atoms with Crippen LogP contribution in [-0.2, 0) is 0 Å². The third kappa shape index (κ3) is 3.03. The Morgan fingerprint density at radius 3 is 2.67 bits per heavy atom. The molecule has 0 aromatic heterocycles. The van der Waals surface area contributed by atoms with E-state index in [1.165, 1.54) is 5.56 Å². The van der Waals surface area contributed by atoms with Crippen LogP contribution in [0.2, 0.25) is 0 Å². The minimum absolute atomic E-state index is 0.601. The molecule has 0 unspecified atom stereocenters. The van der Waals surface area contributed by atoms with E-state index < -0.39 is 0 Å². The van der Waals surface area contributed by atoms with Crippen LogP contribution >= 0.6 is 0 Å². The maximum absolute atomic E-state index is 8.28. The van der Waals surface area contributed by atoms with Crippen molar-refractivity contribution in [2.75, 3.05) is 0 Å². The Morgan fingerprint density at radius 2 is 2.00 bits per heavy atom. The van der Waals surface area contributed by atoms with Gasteiger partial charge in [0.1, 0.15) is 0 Å². The van der Waals surface area contributed by atoms with Crippen LogP contribution in [0.3, 0.4) is 0 Å². The summed E-state index contributed by atoms with van der Waals surface area (Å²) in [5, 5.41) is 8.28. The number of nitriles is 1. The van der Waals surface area contributed by atoms with E-state index in [1.807, 2.05) is 42.5 Å². The van der Waals surface area contributed by atoms with Crippen molar-refractivity contribution < 1.29 is 0 Å². The van der Waals surface area contributed by atoms with E-state index in [-0.39, 0.29) is 0 Å². The van der Waals surface area contributed by atoms with Gasteiger partial charge in [-0.25, -0.2) is 0 Å². The lowest BCUT2D eigenvalue weighted by molar-refractivity contribution is 1.07. The molecule has 1 nitrogen and oxygen atoms in total. The van der Waals surface area contributed by atoms with E-state index in [9.17, 15) is 0 Å². The van der Waals surface area contributed by atoms with Crippen LogP contribution in [0, 0.1) is 11.3 Å². The Labute approximate surface area is 73.0 Å². The molecule has 0 spiro atoms. The summed E-state index contributed by atoms with van der Waals surface area (Å²) in [5.74, 6) is 0. The monoisotopic (exact) mass is 157 g/mol. The third-order valence-electron chi connectivity index (χ3n) is 1.53. The molecule has 0 N–H and O–H groups in total. The summed E-state index contributed by atoms with van der Waals surface area (Å²) in [4.78, 5) is 0. The standard InChI is InChI=1S/C11H11N/c12-10-6-2-5-9-11-7-3-1-4-8-11/h1,3-5,7-9H,2,6H2/b9-5-. The lowest BCUT2D eigenvalue weighted by Gasteiger charge is -1.89. The zero-order valence-corrected chi connectivity index (χ0v) is 6.90. The van der Waals surface area contributed by atoms with Gasteiger partial charge in [-0.15, -0.1) is 0 Å². The fraction of sp³-hybridized carbons (Fsp3) is 0.182. The highest BCUT2D eigenvalue weighted by Gasteiger charge is 1.81. The highest BCUT2D eigenvalue weighted by atomic mass is 14.2. The van der Waals surface area contributed by atoms with Gasteiger partial charge in [-0.2, -0.15) is 5.26 Å². The summed E-state index contributed by atoms with van der Waals surface area (Å²) < 4.78 is 0. The number of rotatable bonds is 3. The Hall–Kier alpha value is -1.55. The zero-order chi connectivity index (χ0) is 8.65. The summed E-state index contributed by atoms with van der Waals surface area (Å²) in [7, 11) is 0. The molecule has 0 heterocycles. The first kappa shape index (κ1) is 8.55. The van der Waals surface area contributed by atoms with Gasteiger partial charge < -0.3 is 0 Å². The lowest BCUT2D eigenvalue weighted by atomic mass is 10.2. The maximum Gasteiger partial charge on any atom is 0.0625 e. The first-order chi connectivity index (χ1) is 5.93. The SMILES string of the molecule is N#CCC/C=C\c1ccccc1. The summed E-state index contributed by atoms with van der Waals surface area (Å²) in [6.07, 6.45) is 5.50. The topological polar surface area (TPSA) is 23.8 Å². The molecule has 60 valence electrons. The van der Waals surface area contributed by atoms with E-state index >= 15 is 0 Å². The van der Waals surface area contributed by atoms with Crippen LogP contribution in [0.5, 0.6) is 0 Å². The minimum atomic E-state index is 0.601. The predicted octanol–water partition coefficient (Wildman–Crippen LogP) is 3.00. The summed E-state index contributed by atoms with van der Waals surface area (Å²) >= 11 is 0. The number of nitrogens with zero attached hydrogens (tertiary/aromatic N) is 1. The van der Waals surface area contributed by atoms with E-state index in [4.69, 9.17) is 5.26 Å². The van der Waals surface area contributed by atoms with Gasteiger partial charge in [0.05, 0.1) is 6.07 Å². The van der Waals surface area contributed by atoms with E-state index in [0.29, 0.717) is 6.42 Å². The fourth-order valence-corrected chi connectivity index (χ4v) is 0.931. The fourth-order valence-electron chi connectivity index (χ4n) is 0.931. The van der Waals surface area contributed by atoms with Crippen LogP contribution < -0.4 is 0 Å². The molecule has 0 saturated heterocycles. The minimum Gasteiger partial charge on any atom is -0.198 e. The molecule has 1 rings (SSSR count). The Morgan fingerprint density at radius 1 is 1.25 bits per heavy atom. The number of allylic oxidation sites excluding steroid dienone is 1.